The molecule has 96 valence electrons. The SMILES string of the molecule is CCCCCN(CCO)C(=O)Nc1ccsc1. The molecule has 5 heteroatoms. The van der Waals surface area contributed by atoms with Crippen molar-refractivity contribution in [3.63, 3.8) is 0 Å². The summed E-state index contributed by atoms with van der Waals surface area (Å²) in [5.41, 5.74) is 0.818. The molecule has 2 N–H and O–H groups in total. The predicted molar refractivity (Wildman–Crippen MR) is 71.5 cm³/mol. The number of rotatable bonds is 7. The second-order valence-electron chi connectivity index (χ2n) is 3.86. The highest BCUT2D eigenvalue weighted by Gasteiger charge is 2.12. The summed E-state index contributed by atoms with van der Waals surface area (Å²) < 4.78 is 0. The summed E-state index contributed by atoms with van der Waals surface area (Å²) in [5, 5.41) is 15.6. The largest absolute Gasteiger partial charge is 0.395 e. The lowest BCUT2D eigenvalue weighted by molar-refractivity contribution is 0.187. The van der Waals surface area contributed by atoms with Crippen LogP contribution in [0.15, 0.2) is 16.8 Å². The molecule has 0 spiro atoms. The fraction of sp³-hybridized carbons (Fsp3) is 0.583. The first kappa shape index (κ1) is 14.0. The molecule has 17 heavy (non-hydrogen) atoms. The summed E-state index contributed by atoms with van der Waals surface area (Å²) in [6.45, 7) is 3.22. The third-order valence-electron chi connectivity index (χ3n) is 2.46. The summed E-state index contributed by atoms with van der Waals surface area (Å²) in [6.07, 6.45) is 3.21. The summed E-state index contributed by atoms with van der Waals surface area (Å²) in [6, 6.07) is 1.74. The van der Waals surface area contributed by atoms with Crippen molar-refractivity contribution in [3.05, 3.63) is 16.8 Å². The van der Waals surface area contributed by atoms with E-state index in [9.17, 15) is 4.79 Å². The molecule has 0 saturated heterocycles. The monoisotopic (exact) mass is 256 g/mol. The standard InChI is InChI=1S/C12H20N2O2S/c1-2-3-4-6-14(7-8-15)12(16)13-11-5-9-17-10-11/h5,9-10,15H,2-4,6-8H2,1H3,(H,13,16). The van der Waals surface area contributed by atoms with Gasteiger partial charge < -0.3 is 15.3 Å². The van der Waals surface area contributed by atoms with Crippen molar-refractivity contribution >= 4 is 23.1 Å². The summed E-state index contributed by atoms with van der Waals surface area (Å²) in [5.74, 6) is 0. The minimum Gasteiger partial charge on any atom is -0.395 e. The third kappa shape index (κ3) is 5.19. The highest BCUT2D eigenvalue weighted by molar-refractivity contribution is 7.08. The molecule has 0 aliphatic carbocycles. The molecule has 0 fully saturated rings. The van der Waals surface area contributed by atoms with Gasteiger partial charge in [-0.05, 0) is 17.9 Å². The van der Waals surface area contributed by atoms with Gasteiger partial charge in [0.15, 0.2) is 0 Å². The second kappa shape index (κ2) is 8.08. The van der Waals surface area contributed by atoms with Crippen molar-refractivity contribution in [2.24, 2.45) is 0 Å². The molecule has 0 aliphatic rings. The number of amides is 2. The first-order valence-electron chi connectivity index (χ1n) is 5.97. The number of carbonyl (C=O) groups is 1. The van der Waals surface area contributed by atoms with E-state index in [1.807, 2.05) is 16.8 Å². The summed E-state index contributed by atoms with van der Waals surface area (Å²) in [7, 11) is 0. The average molecular weight is 256 g/mol. The molecule has 1 rings (SSSR count). The quantitative estimate of drug-likeness (QED) is 0.737. The Morgan fingerprint density at radius 1 is 1.47 bits per heavy atom. The van der Waals surface area contributed by atoms with Gasteiger partial charge in [-0.15, -0.1) is 0 Å². The van der Waals surface area contributed by atoms with Gasteiger partial charge in [-0.2, -0.15) is 11.3 Å². The minimum atomic E-state index is -0.131. The second-order valence-corrected chi connectivity index (χ2v) is 4.64. The Hall–Kier alpha value is -1.07. The van der Waals surface area contributed by atoms with E-state index < -0.39 is 0 Å². The van der Waals surface area contributed by atoms with Gasteiger partial charge in [0.1, 0.15) is 0 Å². The van der Waals surface area contributed by atoms with E-state index in [0.29, 0.717) is 13.1 Å². The van der Waals surface area contributed by atoms with Gasteiger partial charge in [0, 0.05) is 18.5 Å². The highest BCUT2D eigenvalue weighted by Crippen LogP contribution is 2.12. The van der Waals surface area contributed by atoms with E-state index in [1.165, 1.54) is 0 Å². The summed E-state index contributed by atoms with van der Waals surface area (Å²) in [4.78, 5) is 13.6. The molecule has 0 radical (unpaired) electrons. The van der Waals surface area contributed by atoms with Crippen molar-refractivity contribution in [3.8, 4) is 0 Å². The summed E-state index contributed by atoms with van der Waals surface area (Å²) >= 11 is 1.55. The average Bonchev–Trinajstić information content (AvgIpc) is 2.81. The van der Waals surface area contributed by atoms with E-state index >= 15 is 0 Å². The Labute approximate surface area is 106 Å². The maximum Gasteiger partial charge on any atom is 0.321 e. The zero-order valence-electron chi connectivity index (χ0n) is 10.2. The zero-order valence-corrected chi connectivity index (χ0v) is 11.0. The number of carbonyl (C=O) groups excluding carboxylic acids is 1. The molecule has 2 amide bonds. The van der Waals surface area contributed by atoms with Crippen molar-refractivity contribution in [1.82, 2.24) is 4.90 Å². The normalized spacial score (nSPS) is 10.2. The molecule has 0 aromatic carbocycles. The Kier molecular flexibility index (Phi) is 6.65. The Bertz CT molecular complexity index is 314. The lowest BCUT2D eigenvalue weighted by Gasteiger charge is -2.21. The zero-order chi connectivity index (χ0) is 12.5. The highest BCUT2D eigenvalue weighted by atomic mass is 32.1. The van der Waals surface area contributed by atoms with Crippen LogP contribution >= 0.6 is 11.3 Å². The van der Waals surface area contributed by atoms with Gasteiger partial charge in [-0.3, -0.25) is 0 Å². The van der Waals surface area contributed by atoms with Crippen LogP contribution < -0.4 is 5.32 Å². The van der Waals surface area contributed by atoms with Crippen LogP contribution in [0, 0.1) is 0 Å². The maximum atomic E-state index is 11.9. The van der Waals surface area contributed by atoms with Gasteiger partial charge in [0.05, 0.1) is 12.3 Å². The molecule has 4 nitrogen and oxygen atoms in total. The van der Waals surface area contributed by atoms with Crippen LogP contribution in [-0.4, -0.2) is 35.7 Å². The van der Waals surface area contributed by atoms with E-state index in [4.69, 9.17) is 5.11 Å². The third-order valence-corrected chi connectivity index (χ3v) is 3.14. The van der Waals surface area contributed by atoms with E-state index in [2.05, 4.69) is 12.2 Å². The molecule has 0 unspecified atom stereocenters. The fourth-order valence-electron chi connectivity index (χ4n) is 1.53. The topological polar surface area (TPSA) is 52.6 Å². The smallest absolute Gasteiger partial charge is 0.321 e. The minimum absolute atomic E-state index is 0.00316. The van der Waals surface area contributed by atoms with Gasteiger partial charge >= 0.3 is 6.03 Å². The van der Waals surface area contributed by atoms with Gasteiger partial charge in [0.2, 0.25) is 0 Å². The molecule has 0 saturated carbocycles. The molecular formula is C12H20N2O2S. The number of aliphatic hydroxyl groups is 1. The van der Waals surface area contributed by atoms with E-state index in [0.717, 1.165) is 24.9 Å². The fourth-order valence-corrected chi connectivity index (χ4v) is 2.11. The number of unbranched alkanes of at least 4 members (excludes halogenated alkanes) is 2. The van der Waals surface area contributed by atoms with Crippen LogP contribution in [0.25, 0.3) is 0 Å². The molecule has 0 aliphatic heterocycles. The number of anilines is 1. The number of nitrogens with one attached hydrogen (secondary N) is 1. The van der Waals surface area contributed by atoms with Crippen molar-refractivity contribution in [1.29, 1.82) is 0 Å². The van der Waals surface area contributed by atoms with Gasteiger partial charge in [-0.1, -0.05) is 19.8 Å². The lowest BCUT2D eigenvalue weighted by Crippen LogP contribution is -2.37. The molecule has 0 atom stereocenters. The van der Waals surface area contributed by atoms with Crippen LogP contribution in [-0.2, 0) is 0 Å². The Morgan fingerprint density at radius 2 is 2.29 bits per heavy atom. The van der Waals surface area contributed by atoms with Crippen molar-refractivity contribution < 1.29 is 9.90 Å². The molecule has 1 aromatic heterocycles. The van der Waals surface area contributed by atoms with Crippen molar-refractivity contribution in [2.45, 2.75) is 26.2 Å². The van der Waals surface area contributed by atoms with Crippen LogP contribution in [0.1, 0.15) is 26.2 Å². The first-order chi connectivity index (χ1) is 8.27. The van der Waals surface area contributed by atoms with Crippen LogP contribution in [0.5, 0.6) is 0 Å². The molecule has 1 aromatic rings. The van der Waals surface area contributed by atoms with E-state index in [1.54, 1.807) is 16.2 Å². The Balaban J connectivity index is 2.42. The first-order valence-corrected chi connectivity index (χ1v) is 6.91. The van der Waals surface area contributed by atoms with E-state index in [-0.39, 0.29) is 12.6 Å². The number of thiophene rings is 1. The number of hydrogen-bond acceptors (Lipinski definition) is 3. The molecular weight excluding hydrogens is 236 g/mol. The van der Waals surface area contributed by atoms with Crippen LogP contribution in [0.2, 0.25) is 0 Å². The lowest BCUT2D eigenvalue weighted by atomic mass is 10.2. The number of hydrogen-bond donors (Lipinski definition) is 2. The van der Waals surface area contributed by atoms with Gasteiger partial charge in [0.25, 0.3) is 0 Å². The Morgan fingerprint density at radius 3 is 2.88 bits per heavy atom. The maximum absolute atomic E-state index is 11.9. The van der Waals surface area contributed by atoms with Crippen LogP contribution in [0.4, 0.5) is 10.5 Å². The van der Waals surface area contributed by atoms with Crippen molar-refractivity contribution in [2.75, 3.05) is 25.0 Å². The number of urea groups is 1. The molecule has 1 heterocycles. The van der Waals surface area contributed by atoms with Crippen LogP contribution in [0.3, 0.4) is 0 Å². The number of nitrogens with zero attached hydrogens (tertiary/aromatic N) is 1. The van der Waals surface area contributed by atoms with Gasteiger partial charge in [-0.25, -0.2) is 4.79 Å². The predicted octanol–water partition coefficient (Wildman–Crippen LogP) is 2.76. The number of aliphatic hydroxyl groups excluding tert-OH is 1. The molecule has 0 bridgehead atoms.